The van der Waals surface area contributed by atoms with E-state index in [0.717, 1.165) is 19.0 Å². The largest absolute Gasteiger partial charge is 0.543 e. The first kappa shape index (κ1) is 27.9. The van der Waals surface area contributed by atoms with E-state index in [-0.39, 0.29) is 21.7 Å². The molecule has 0 atom stereocenters. The molecule has 11 heteroatoms. The molecule has 0 saturated carbocycles. The highest BCUT2D eigenvalue weighted by atomic mass is 32.2. The zero-order valence-corrected chi connectivity index (χ0v) is 20.7. The molecular formula is C24H30N3O7S-. The number of hydrogen-bond acceptors (Lipinski definition) is 8. The molecule has 0 saturated heterocycles. The molecule has 2 rings (SSSR count). The van der Waals surface area contributed by atoms with Crippen LogP contribution < -0.4 is 15.1 Å². The van der Waals surface area contributed by atoms with Crippen LogP contribution in [0.4, 0.5) is 0 Å². The highest BCUT2D eigenvalue weighted by Crippen LogP contribution is 2.15. The van der Waals surface area contributed by atoms with Crippen LogP contribution in [0.25, 0.3) is 0 Å². The monoisotopic (exact) mass is 504 g/mol. The van der Waals surface area contributed by atoms with E-state index in [1.165, 1.54) is 30.3 Å². The average Bonchev–Trinajstić information content (AvgIpc) is 2.83. The maximum absolute atomic E-state index is 12.8. The molecule has 0 aliphatic carbocycles. The van der Waals surface area contributed by atoms with Gasteiger partial charge >= 0.3 is 0 Å². The number of nitrogens with zero attached hydrogens (tertiary/aromatic N) is 1. The summed E-state index contributed by atoms with van der Waals surface area (Å²) in [5, 5.41) is 14.0. The smallest absolute Gasteiger partial charge is 0.266 e. The molecule has 1 aromatic heterocycles. The van der Waals surface area contributed by atoms with Crippen LogP contribution >= 0.6 is 0 Å². The van der Waals surface area contributed by atoms with Gasteiger partial charge in [-0.3, -0.25) is 14.6 Å². The quantitative estimate of drug-likeness (QED) is 0.366. The van der Waals surface area contributed by atoms with Crippen molar-refractivity contribution in [2.24, 2.45) is 0 Å². The standard InChI is InChI=1S/C24H31N3O7S/c1-3-5-6-9-17-14-19(16-26-21(17)24(30)31)23(29)27-35(32,33)20-11-7-10-18(15-20)22(28)25-12-8-13-34-4-2/h7,10-11,14-16H,3-6,8-9,12-13H2,1-2H3,(H,25,28)(H,27,29)(H,30,31)/p-1. The van der Waals surface area contributed by atoms with E-state index in [2.05, 4.69) is 10.3 Å². The second-order valence-electron chi connectivity index (χ2n) is 7.75. The van der Waals surface area contributed by atoms with Gasteiger partial charge in [0.2, 0.25) is 0 Å². The third kappa shape index (κ3) is 8.45. The SMILES string of the molecule is CCCCCc1cc(C(=O)NS(=O)(=O)c2cccc(C(=O)NCCCOCC)c2)cnc1C(=O)[O-]. The predicted octanol–water partition coefficient (Wildman–Crippen LogP) is 1.45. The van der Waals surface area contributed by atoms with Crippen molar-refractivity contribution in [1.82, 2.24) is 15.0 Å². The van der Waals surface area contributed by atoms with E-state index >= 15 is 0 Å². The number of aromatic carboxylic acids is 1. The number of rotatable bonds is 14. The number of sulfonamides is 1. The zero-order chi connectivity index (χ0) is 25.8. The van der Waals surface area contributed by atoms with Crippen molar-refractivity contribution in [3.63, 3.8) is 0 Å². The fourth-order valence-corrected chi connectivity index (χ4v) is 4.26. The highest BCUT2D eigenvalue weighted by molar-refractivity contribution is 7.90. The number of unbranched alkanes of at least 4 members (excludes halogenated alkanes) is 2. The van der Waals surface area contributed by atoms with Gasteiger partial charge in [-0.1, -0.05) is 25.8 Å². The fourth-order valence-electron chi connectivity index (χ4n) is 3.24. The van der Waals surface area contributed by atoms with Crippen LogP contribution in [-0.2, 0) is 21.2 Å². The van der Waals surface area contributed by atoms with Gasteiger partial charge in [0, 0.05) is 31.5 Å². The summed E-state index contributed by atoms with van der Waals surface area (Å²) in [5.74, 6) is -2.89. The first-order chi connectivity index (χ1) is 16.7. The van der Waals surface area contributed by atoms with Crippen molar-refractivity contribution in [1.29, 1.82) is 0 Å². The first-order valence-electron chi connectivity index (χ1n) is 11.4. The number of aromatic nitrogens is 1. The number of nitrogens with one attached hydrogen (secondary N) is 2. The van der Waals surface area contributed by atoms with Crippen LogP contribution in [0.1, 0.15) is 76.3 Å². The number of carbonyl (C=O) groups excluding carboxylic acids is 3. The van der Waals surface area contributed by atoms with Crippen LogP contribution in [0.2, 0.25) is 0 Å². The van der Waals surface area contributed by atoms with Crippen molar-refractivity contribution in [3.05, 3.63) is 58.9 Å². The van der Waals surface area contributed by atoms with E-state index < -0.39 is 27.8 Å². The second-order valence-corrected chi connectivity index (χ2v) is 9.43. The normalized spacial score (nSPS) is 11.1. The molecular weight excluding hydrogens is 474 g/mol. The summed E-state index contributed by atoms with van der Waals surface area (Å²) < 4.78 is 32.7. The Kier molecular flexibility index (Phi) is 10.8. The van der Waals surface area contributed by atoms with Gasteiger partial charge in [-0.15, -0.1) is 0 Å². The van der Waals surface area contributed by atoms with Gasteiger partial charge in [0.25, 0.3) is 21.8 Å². The molecule has 1 aromatic carbocycles. The molecule has 2 amide bonds. The van der Waals surface area contributed by atoms with Crippen LogP contribution in [-0.4, -0.2) is 50.9 Å². The van der Waals surface area contributed by atoms with E-state index in [4.69, 9.17) is 4.74 Å². The molecule has 0 aliphatic heterocycles. The molecule has 2 aromatic rings. The Bertz CT molecular complexity index is 1150. The summed E-state index contributed by atoms with van der Waals surface area (Å²) in [4.78, 5) is 39.9. The van der Waals surface area contributed by atoms with Crippen molar-refractivity contribution >= 4 is 27.8 Å². The summed E-state index contributed by atoms with van der Waals surface area (Å²) in [6.45, 7) is 5.30. The van der Waals surface area contributed by atoms with Crippen molar-refractivity contribution in [2.75, 3.05) is 19.8 Å². The van der Waals surface area contributed by atoms with Crippen LogP contribution in [0.5, 0.6) is 0 Å². The van der Waals surface area contributed by atoms with Gasteiger partial charge in [0.15, 0.2) is 0 Å². The number of carboxylic acids is 1. The fraction of sp³-hybridized carbons (Fsp3) is 0.417. The molecule has 35 heavy (non-hydrogen) atoms. The van der Waals surface area contributed by atoms with Gasteiger partial charge in [-0.05, 0) is 56.0 Å². The number of carbonyl (C=O) groups is 3. The minimum absolute atomic E-state index is 0.103. The third-order valence-corrected chi connectivity index (χ3v) is 6.39. The van der Waals surface area contributed by atoms with Gasteiger partial charge in [0.05, 0.1) is 22.1 Å². The first-order valence-corrected chi connectivity index (χ1v) is 12.9. The van der Waals surface area contributed by atoms with E-state index in [1.807, 2.05) is 18.6 Å². The molecule has 0 bridgehead atoms. The summed E-state index contributed by atoms with van der Waals surface area (Å²) in [6, 6.07) is 6.60. The number of ether oxygens (including phenoxy) is 1. The van der Waals surface area contributed by atoms with Crippen LogP contribution in [0.3, 0.4) is 0 Å². The third-order valence-electron chi connectivity index (χ3n) is 5.06. The Hall–Kier alpha value is -3.31. The molecule has 2 N–H and O–H groups in total. The van der Waals surface area contributed by atoms with Crippen molar-refractivity contribution in [2.45, 2.75) is 50.8 Å². The molecule has 0 fully saturated rings. The Morgan fingerprint density at radius 1 is 1.03 bits per heavy atom. The van der Waals surface area contributed by atoms with Gasteiger partial charge in [-0.2, -0.15) is 0 Å². The maximum Gasteiger partial charge on any atom is 0.266 e. The topological polar surface area (TPSA) is 155 Å². The lowest BCUT2D eigenvalue weighted by Crippen LogP contribution is -2.32. The Morgan fingerprint density at radius 2 is 1.80 bits per heavy atom. The number of pyridine rings is 1. The van der Waals surface area contributed by atoms with Gasteiger partial charge in [-0.25, -0.2) is 13.1 Å². The summed E-state index contributed by atoms with van der Waals surface area (Å²) >= 11 is 0. The van der Waals surface area contributed by atoms with E-state index in [9.17, 15) is 27.9 Å². The zero-order valence-electron chi connectivity index (χ0n) is 19.8. The second kappa shape index (κ2) is 13.5. The van der Waals surface area contributed by atoms with Gasteiger partial charge < -0.3 is 20.0 Å². The molecule has 190 valence electrons. The van der Waals surface area contributed by atoms with Crippen molar-refractivity contribution in [3.8, 4) is 0 Å². The molecule has 0 aliphatic rings. The molecule has 0 spiro atoms. The molecule has 0 radical (unpaired) electrons. The number of aryl methyl sites for hydroxylation is 1. The lowest BCUT2D eigenvalue weighted by molar-refractivity contribution is -0.255. The number of carboxylic acid groups (broad SMARTS) is 1. The number of amides is 2. The maximum atomic E-state index is 12.8. The Morgan fingerprint density at radius 3 is 2.49 bits per heavy atom. The summed E-state index contributed by atoms with van der Waals surface area (Å²) in [5.41, 5.74) is 0.0372. The summed E-state index contributed by atoms with van der Waals surface area (Å²) in [7, 11) is -4.31. The summed E-state index contributed by atoms with van der Waals surface area (Å²) in [6.07, 6.45) is 4.41. The average molecular weight is 505 g/mol. The van der Waals surface area contributed by atoms with E-state index in [1.54, 1.807) is 0 Å². The number of benzene rings is 1. The predicted molar refractivity (Wildman–Crippen MR) is 126 cm³/mol. The number of hydrogen-bond donors (Lipinski definition) is 2. The highest BCUT2D eigenvalue weighted by Gasteiger charge is 2.21. The van der Waals surface area contributed by atoms with Gasteiger partial charge in [0.1, 0.15) is 0 Å². The molecule has 0 unspecified atom stereocenters. The molecule has 1 heterocycles. The molecule has 10 nitrogen and oxygen atoms in total. The van der Waals surface area contributed by atoms with Crippen LogP contribution in [0.15, 0.2) is 41.4 Å². The minimum Gasteiger partial charge on any atom is -0.543 e. The Balaban J connectivity index is 2.14. The van der Waals surface area contributed by atoms with Crippen LogP contribution in [0, 0.1) is 0 Å². The Labute approximate surface area is 205 Å². The lowest BCUT2D eigenvalue weighted by atomic mass is 10.0. The van der Waals surface area contributed by atoms with Crippen molar-refractivity contribution < 1.29 is 32.6 Å². The lowest BCUT2D eigenvalue weighted by Gasteiger charge is -2.12. The van der Waals surface area contributed by atoms with E-state index in [0.29, 0.717) is 44.6 Å². The minimum atomic E-state index is -4.31.